The van der Waals surface area contributed by atoms with E-state index in [2.05, 4.69) is 12.2 Å². The van der Waals surface area contributed by atoms with Crippen LogP contribution in [0.4, 0.5) is 4.79 Å². The topological polar surface area (TPSA) is 79.6 Å². The molecule has 0 aromatic carbocycles. The number of piperidine rings is 1. The Balaban J connectivity index is 1.96. The maximum atomic E-state index is 12.4. The lowest BCUT2D eigenvalue weighted by molar-refractivity contribution is 0.119. The molecule has 0 spiro atoms. The number of furan rings is 1. The molecule has 2 amide bonds. The van der Waals surface area contributed by atoms with E-state index >= 15 is 0 Å². The van der Waals surface area contributed by atoms with Crippen molar-refractivity contribution >= 4 is 15.9 Å². The molecular weight excluding hydrogens is 316 g/mol. The van der Waals surface area contributed by atoms with Crippen molar-refractivity contribution in [2.24, 2.45) is 5.92 Å². The van der Waals surface area contributed by atoms with Gasteiger partial charge in [0.05, 0.1) is 11.8 Å². The first-order valence-corrected chi connectivity index (χ1v) is 10.1. The van der Waals surface area contributed by atoms with Gasteiger partial charge < -0.3 is 14.6 Å². The zero-order valence-corrected chi connectivity index (χ0v) is 14.9. The average molecular weight is 342 g/mol. The first kappa shape index (κ1) is 17.8. The molecule has 0 radical (unpaired) electrons. The fourth-order valence-corrected chi connectivity index (χ4v) is 3.59. The van der Waals surface area contributed by atoms with E-state index in [1.54, 1.807) is 4.90 Å². The van der Waals surface area contributed by atoms with E-state index in [1.165, 1.54) is 6.26 Å². The third kappa shape index (κ3) is 5.27. The van der Waals surface area contributed by atoms with Crippen LogP contribution >= 0.6 is 0 Å². The third-order valence-electron chi connectivity index (χ3n) is 4.18. The number of sulfone groups is 1. The highest BCUT2D eigenvalue weighted by Gasteiger charge is 2.32. The van der Waals surface area contributed by atoms with E-state index in [9.17, 15) is 13.2 Å². The molecule has 0 bridgehead atoms. The van der Waals surface area contributed by atoms with E-state index < -0.39 is 9.84 Å². The summed E-state index contributed by atoms with van der Waals surface area (Å²) in [5.41, 5.74) is 0. The van der Waals surface area contributed by atoms with Crippen molar-refractivity contribution in [3.05, 3.63) is 23.7 Å². The van der Waals surface area contributed by atoms with Crippen LogP contribution in [0.3, 0.4) is 0 Å². The zero-order chi connectivity index (χ0) is 17.0. The Morgan fingerprint density at radius 2 is 2.17 bits per heavy atom. The predicted octanol–water partition coefficient (Wildman–Crippen LogP) is 2.51. The predicted molar refractivity (Wildman–Crippen MR) is 89.0 cm³/mol. The highest BCUT2D eigenvalue weighted by Crippen LogP contribution is 2.34. The monoisotopic (exact) mass is 342 g/mol. The molecule has 0 unspecified atom stereocenters. The summed E-state index contributed by atoms with van der Waals surface area (Å²) >= 11 is 0. The van der Waals surface area contributed by atoms with Gasteiger partial charge in [-0.1, -0.05) is 6.92 Å². The number of likely N-dealkylation sites (tertiary alicyclic amines) is 1. The van der Waals surface area contributed by atoms with Crippen LogP contribution in [0.5, 0.6) is 0 Å². The minimum absolute atomic E-state index is 0.0534. The number of rotatable bonds is 5. The molecular formula is C16H26N2O4S. The van der Waals surface area contributed by atoms with Crippen LogP contribution in [0, 0.1) is 12.8 Å². The van der Waals surface area contributed by atoms with Gasteiger partial charge in [0, 0.05) is 19.3 Å². The van der Waals surface area contributed by atoms with E-state index in [4.69, 9.17) is 4.42 Å². The second-order valence-corrected chi connectivity index (χ2v) is 8.76. The molecule has 130 valence electrons. The van der Waals surface area contributed by atoms with Crippen molar-refractivity contribution < 1.29 is 17.6 Å². The van der Waals surface area contributed by atoms with Gasteiger partial charge >= 0.3 is 6.03 Å². The lowest BCUT2D eigenvalue weighted by Gasteiger charge is -2.37. The van der Waals surface area contributed by atoms with Gasteiger partial charge in [0.15, 0.2) is 0 Å². The van der Waals surface area contributed by atoms with Gasteiger partial charge in [-0.25, -0.2) is 13.2 Å². The molecule has 0 aliphatic carbocycles. The van der Waals surface area contributed by atoms with E-state index in [1.807, 2.05) is 19.1 Å². The second kappa shape index (κ2) is 7.38. The second-order valence-electron chi connectivity index (χ2n) is 6.50. The largest absolute Gasteiger partial charge is 0.464 e. The summed E-state index contributed by atoms with van der Waals surface area (Å²) < 4.78 is 28.0. The van der Waals surface area contributed by atoms with Crippen molar-refractivity contribution in [3.8, 4) is 0 Å². The Hall–Kier alpha value is -1.50. The number of amides is 2. The Kier molecular flexibility index (Phi) is 5.73. The van der Waals surface area contributed by atoms with E-state index in [0.29, 0.717) is 25.4 Å². The minimum atomic E-state index is -2.99. The zero-order valence-electron chi connectivity index (χ0n) is 14.0. The lowest BCUT2D eigenvalue weighted by atomic mass is 9.91. The van der Waals surface area contributed by atoms with Crippen molar-refractivity contribution in [2.75, 3.05) is 25.1 Å². The molecule has 0 saturated carbocycles. The standard InChI is InChI=1S/C16H26N2O4S/c1-12-7-9-18(14(11-12)15-6-5-13(2)22-15)16(19)17-8-4-10-23(3,20)21/h5-6,12,14H,4,7-11H2,1-3H3,(H,17,19)/t12-,14-/m0/s1. The summed E-state index contributed by atoms with van der Waals surface area (Å²) in [6, 6.07) is 3.64. The summed E-state index contributed by atoms with van der Waals surface area (Å²) in [7, 11) is -2.99. The molecule has 1 fully saturated rings. The highest BCUT2D eigenvalue weighted by atomic mass is 32.2. The van der Waals surface area contributed by atoms with Gasteiger partial charge in [-0.05, 0) is 44.2 Å². The third-order valence-corrected chi connectivity index (χ3v) is 5.21. The van der Waals surface area contributed by atoms with Crippen molar-refractivity contribution in [1.82, 2.24) is 10.2 Å². The Morgan fingerprint density at radius 3 is 2.78 bits per heavy atom. The molecule has 1 saturated heterocycles. The van der Waals surface area contributed by atoms with Crippen molar-refractivity contribution in [1.29, 1.82) is 0 Å². The smallest absolute Gasteiger partial charge is 0.318 e. The van der Waals surface area contributed by atoms with Gasteiger partial charge in [0.25, 0.3) is 0 Å². The molecule has 6 nitrogen and oxygen atoms in total. The number of nitrogens with one attached hydrogen (secondary N) is 1. The number of carbonyl (C=O) groups is 1. The fourth-order valence-electron chi connectivity index (χ4n) is 2.92. The summed E-state index contributed by atoms with van der Waals surface area (Å²) in [4.78, 5) is 14.2. The van der Waals surface area contributed by atoms with Gasteiger partial charge in [-0.3, -0.25) is 0 Å². The summed E-state index contributed by atoms with van der Waals surface area (Å²) in [5, 5.41) is 2.83. The quantitative estimate of drug-likeness (QED) is 0.834. The number of hydrogen-bond acceptors (Lipinski definition) is 4. The number of aryl methyl sites for hydroxylation is 1. The SMILES string of the molecule is Cc1ccc([C@@H]2C[C@@H](C)CCN2C(=O)NCCCS(C)(=O)=O)o1. The molecule has 2 rings (SSSR count). The van der Waals surface area contributed by atoms with Crippen LogP contribution in [-0.4, -0.2) is 44.4 Å². The maximum Gasteiger partial charge on any atom is 0.318 e. The number of hydrogen-bond donors (Lipinski definition) is 1. The first-order valence-electron chi connectivity index (χ1n) is 8.05. The first-order chi connectivity index (χ1) is 10.8. The Labute approximate surface area is 138 Å². The normalized spacial score (nSPS) is 22.1. The van der Waals surface area contributed by atoms with Crippen LogP contribution in [0.2, 0.25) is 0 Å². The molecule has 23 heavy (non-hydrogen) atoms. The summed E-state index contributed by atoms with van der Waals surface area (Å²) in [6.07, 6.45) is 3.48. The lowest BCUT2D eigenvalue weighted by Crippen LogP contribution is -2.46. The summed E-state index contributed by atoms with van der Waals surface area (Å²) in [5.74, 6) is 2.29. The molecule has 1 aliphatic heterocycles. The minimum Gasteiger partial charge on any atom is -0.464 e. The number of nitrogens with zero attached hydrogens (tertiary/aromatic N) is 1. The molecule has 1 N–H and O–H groups in total. The van der Waals surface area contributed by atoms with Gasteiger partial charge in [0.1, 0.15) is 21.4 Å². The molecule has 1 aromatic rings. The van der Waals surface area contributed by atoms with Crippen LogP contribution in [0.15, 0.2) is 16.5 Å². The maximum absolute atomic E-state index is 12.4. The van der Waals surface area contributed by atoms with Gasteiger partial charge in [-0.2, -0.15) is 0 Å². The molecule has 1 aliphatic rings. The van der Waals surface area contributed by atoms with Crippen LogP contribution < -0.4 is 5.32 Å². The Bertz CT molecular complexity index is 638. The fraction of sp³-hybridized carbons (Fsp3) is 0.688. The number of urea groups is 1. The molecule has 7 heteroatoms. The molecule has 2 atom stereocenters. The van der Waals surface area contributed by atoms with Gasteiger partial charge in [0.2, 0.25) is 0 Å². The molecule has 2 heterocycles. The van der Waals surface area contributed by atoms with Crippen molar-refractivity contribution in [2.45, 2.75) is 39.2 Å². The number of carbonyl (C=O) groups excluding carboxylic acids is 1. The molecule has 1 aromatic heterocycles. The van der Waals surface area contributed by atoms with Crippen molar-refractivity contribution in [3.63, 3.8) is 0 Å². The van der Waals surface area contributed by atoms with Gasteiger partial charge in [-0.15, -0.1) is 0 Å². The van der Waals surface area contributed by atoms with Crippen LogP contribution in [0.25, 0.3) is 0 Å². The summed E-state index contributed by atoms with van der Waals surface area (Å²) in [6.45, 7) is 5.13. The van der Waals surface area contributed by atoms with E-state index in [0.717, 1.165) is 24.4 Å². The highest BCUT2D eigenvalue weighted by molar-refractivity contribution is 7.90. The van der Waals surface area contributed by atoms with Crippen LogP contribution in [-0.2, 0) is 9.84 Å². The Morgan fingerprint density at radius 1 is 1.43 bits per heavy atom. The average Bonchev–Trinajstić information content (AvgIpc) is 2.89. The van der Waals surface area contributed by atoms with E-state index in [-0.39, 0.29) is 17.8 Å². The van der Waals surface area contributed by atoms with Crippen LogP contribution in [0.1, 0.15) is 43.7 Å².